The average molecular weight is 388 g/mol. The quantitative estimate of drug-likeness (QED) is 0.837. The minimum absolute atomic E-state index is 0.195. The van der Waals surface area contributed by atoms with Crippen LogP contribution in [-0.4, -0.2) is 57.9 Å². The summed E-state index contributed by atoms with van der Waals surface area (Å²) in [5.41, 5.74) is 5.09. The van der Waals surface area contributed by atoms with Crippen molar-refractivity contribution in [2.75, 3.05) is 20.3 Å². The van der Waals surface area contributed by atoms with E-state index in [1.54, 1.807) is 20.4 Å². The third-order valence-corrected chi connectivity index (χ3v) is 5.16. The molecule has 28 heavy (non-hydrogen) atoms. The molecule has 2 saturated heterocycles. The molecule has 4 rings (SSSR count). The summed E-state index contributed by atoms with van der Waals surface area (Å²) in [6.45, 7) is 3.52. The number of alkyl halides is 1. The highest BCUT2D eigenvalue weighted by molar-refractivity contribution is 5.61. The Labute approximate surface area is 163 Å². The molecule has 0 amide bonds. The Morgan fingerprint density at radius 2 is 2.32 bits per heavy atom. The zero-order valence-corrected chi connectivity index (χ0v) is 16.2. The molecule has 2 aliphatic rings. The molecule has 0 saturated carbocycles. The summed E-state index contributed by atoms with van der Waals surface area (Å²) < 4.78 is 22.4. The van der Waals surface area contributed by atoms with E-state index < -0.39 is 11.9 Å². The van der Waals surface area contributed by atoms with Crippen LogP contribution in [0.15, 0.2) is 36.3 Å². The van der Waals surface area contributed by atoms with Gasteiger partial charge in [-0.05, 0) is 37.1 Å². The van der Waals surface area contributed by atoms with Crippen LogP contribution in [0.25, 0.3) is 11.8 Å². The molecule has 1 aromatic heterocycles. The topological polar surface area (TPSA) is 71.8 Å². The number of fused-ring (bicyclic) bond motifs is 1. The fourth-order valence-corrected chi connectivity index (χ4v) is 3.92. The number of hydrogen-bond donors (Lipinski definition) is 2. The van der Waals surface area contributed by atoms with Gasteiger partial charge in [0.15, 0.2) is 6.23 Å². The lowest BCUT2D eigenvalue weighted by atomic mass is 9.89. The Kier molecular flexibility index (Phi) is 4.96. The van der Waals surface area contributed by atoms with E-state index in [-0.39, 0.29) is 25.7 Å². The maximum absolute atomic E-state index is 14.9. The Balaban J connectivity index is 1.67. The molecule has 0 spiro atoms. The number of halogens is 1. The summed E-state index contributed by atoms with van der Waals surface area (Å²) in [4.78, 5) is 11.5. The summed E-state index contributed by atoms with van der Waals surface area (Å²) in [6, 6.07) is 5.84. The number of aliphatic hydroxyl groups excluding tert-OH is 1. The molecule has 8 heteroatoms. The predicted octanol–water partition coefficient (Wildman–Crippen LogP) is 2.19. The molecule has 2 aliphatic heterocycles. The molecule has 3 atom stereocenters. The largest absolute Gasteiger partial charge is 0.495 e. The van der Waals surface area contributed by atoms with Crippen LogP contribution in [0.3, 0.4) is 0 Å². The number of hydrogen-bond acceptors (Lipinski definition) is 6. The second-order valence-electron chi connectivity index (χ2n) is 7.61. The lowest BCUT2D eigenvalue weighted by molar-refractivity contribution is -0.0561. The van der Waals surface area contributed by atoms with Gasteiger partial charge in [0.05, 0.1) is 31.4 Å². The maximum Gasteiger partial charge on any atom is 0.157 e. The number of hydroxylamine groups is 1. The zero-order valence-electron chi connectivity index (χ0n) is 16.2. The van der Waals surface area contributed by atoms with Crippen molar-refractivity contribution in [3.05, 3.63) is 47.6 Å². The number of nitrogens with zero attached hydrogens (tertiary/aromatic N) is 3. The summed E-state index contributed by atoms with van der Waals surface area (Å²) in [5, 5.41) is 9.49. The smallest absolute Gasteiger partial charge is 0.157 e. The molecule has 150 valence electrons. The van der Waals surface area contributed by atoms with Crippen molar-refractivity contribution >= 4 is 6.08 Å². The van der Waals surface area contributed by atoms with Crippen LogP contribution in [0.4, 0.5) is 4.39 Å². The minimum Gasteiger partial charge on any atom is -0.495 e. The first-order valence-electron chi connectivity index (χ1n) is 9.26. The Bertz CT molecular complexity index is 895. The van der Waals surface area contributed by atoms with Gasteiger partial charge in [-0.15, -0.1) is 0 Å². The van der Waals surface area contributed by atoms with Crippen LogP contribution in [-0.2, 0) is 4.84 Å². The Morgan fingerprint density at radius 3 is 3.00 bits per heavy atom. The maximum atomic E-state index is 14.9. The van der Waals surface area contributed by atoms with Crippen molar-refractivity contribution in [1.29, 1.82) is 0 Å². The van der Waals surface area contributed by atoms with E-state index in [4.69, 9.17) is 9.57 Å². The summed E-state index contributed by atoms with van der Waals surface area (Å²) >= 11 is 0. The highest BCUT2D eigenvalue weighted by atomic mass is 19.1. The van der Waals surface area contributed by atoms with Gasteiger partial charge < -0.3 is 14.4 Å². The van der Waals surface area contributed by atoms with E-state index in [1.807, 2.05) is 46.9 Å². The van der Waals surface area contributed by atoms with E-state index in [2.05, 4.69) is 10.5 Å². The monoisotopic (exact) mass is 388 g/mol. The van der Waals surface area contributed by atoms with Gasteiger partial charge in [0, 0.05) is 19.2 Å². The van der Waals surface area contributed by atoms with Crippen LogP contribution < -0.4 is 10.2 Å². The molecule has 0 bridgehead atoms. The highest BCUT2D eigenvalue weighted by Crippen LogP contribution is 2.37. The molecule has 0 aliphatic carbocycles. The van der Waals surface area contributed by atoms with E-state index in [0.29, 0.717) is 5.75 Å². The van der Waals surface area contributed by atoms with Gasteiger partial charge in [0.25, 0.3) is 0 Å². The van der Waals surface area contributed by atoms with Crippen molar-refractivity contribution in [2.24, 2.45) is 0 Å². The average Bonchev–Trinajstić information content (AvgIpc) is 3.26. The van der Waals surface area contributed by atoms with E-state index >= 15 is 0 Å². The predicted molar refractivity (Wildman–Crippen MR) is 103 cm³/mol. The fraction of sp³-hybridized carbons (Fsp3) is 0.450. The zero-order chi connectivity index (χ0) is 19.9. The molecular weight excluding hydrogens is 363 g/mol. The van der Waals surface area contributed by atoms with Gasteiger partial charge in [0.2, 0.25) is 0 Å². The fourth-order valence-electron chi connectivity index (χ4n) is 3.92. The number of rotatable bonds is 4. The molecule has 3 heterocycles. The molecule has 0 radical (unpaired) electrons. The van der Waals surface area contributed by atoms with E-state index in [0.717, 1.165) is 22.5 Å². The number of nitrogens with one attached hydrogen (secondary N) is 1. The van der Waals surface area contributed by atoms with E-state index in [9.17, 15) is 9.50 Å². The Morgan fingerprint density at radius 1 is 1.50 bits per heavy atom. The second-order valence-corrected chi connectivity index (χ2v) is 7.61. The van der Waals surface area contributed by atoms with Gasteiger partial charge in [0.1, 0.15) is 17.6 Å². The van der Waals surface area contributed by atoms with Crippen molar-refractivity contribution < 1.29 is 19.1 Å². The summed E-state index contributed by atoms with van der Waals surface area (Å²) in [7, 11) is 1.62. The molecule has 2 unspecified atom stereocenters. The SMILES string of the molecule is COc1cc(/C=C2\CC(C)(F)CN3C2NO[C@H]3CO)ccc1-n1cnc(C)c1. The van der Waals surface area contributed by atoms with Crippen molar-refractivity contribution in [1.82, 2.24) is 19.9 Å². The van der Waals surface area contributed by atoms with Crippen LogP contribution in [0.5, 0.6) is 5.75 Å². The minimum atomic E-state index is -1.40. The first-order chi connectivity index (χ1) is 13.4. The molecule has 2 N–H and O–H groups in total. The molecule has 2 fully saturated rings. The van der Waals surface area contributed by atoms with Gasteiger partial charge >= 0.3 is 0 Å². The number of ether oxygens (including phenoxy) is 1. The van der Waals surface area contributed by atoms with Crippen molar-refractivity contribution in [3.63, 3.8) is 0 Å². The standard InChI is InChI=1S/C20H25FN4O3/c1-13-9-24(12-22-13)16-5-4-14(7-17(16)27-3)6-15-8-20(2,21)11-25-18(10-26)28-23-19(15)25/h4-7,9,12,18-19,23,26H,8,10-11H2,1-3H3/b15-6+/t18-,19?,20?/m0/s1. The number of benzene rings is 1. The molecule has 2 aromatic rings. The molecule has 7 nitrogen and oxygen atoms in total. The summed E-state index contributed by atoms with van der Waals surface area (Å²) in [6.07, 6.45) is 5.10. The molecule has 1 aromatic carbocycles. The van der Waals surface area contributed by atoms with Gasteiger partial charge in [-0.25, -0.2) is 9.37 Å². The van der Waals surface area contributed by atoms with Crippen LogP contribution in [0.1, 0.15) is 24.6 Å². The lowest BCUT2D eigenvalue weighted by Gasteiger charge is -2.39. The van der Waals surface area contributed by atoms with Gasteiger partial charge in [-0.3, -0.25) is 9.74 Å². The number of aliphatic hydroxyl groups is 1. The normalized spacial score (nSPS) is 29.2. The van der Waals surface area contributed by atoms with Gasteiger partial charge in [-0.1, -0.05) is 12.1 Å². The number of aromatic nitrogens is 2. The number of imidazole rings is 1. The van der Waals surface area contributed by atoms with Crippen molar-refractivity contribution in [2.45, 2.75) is 38.3 Å². The number of methoxy groups -OCH3 is 1. The Hall–Kier alpha value is -2.26. The van der Waals surface area contributed by atoms with Crippen LogP contribution >= 0.6 is 0 Å². The number of piperidine rings is 1. The summed E-state index contributed by atoms with van der Waals surface area (Å²) in [5.74, 6) is 0.700. The van der Waals surface area contributed by atoms with E-state index in [1.165, 1.54) is 0 Å². The lowest BCUT2D eigenvalue weighted by Crippen LogP contribution is -2.53. The van der Waals surface area contributed by atoms with Crippen molar-refractivity contribution in [3.8, 4) is 11.4 Å². The third kappa shape index (κ3) is 3.56. The van der Waals surface area contributed by atoms with Gasteiger partial charge in [-0.2, -0.15) is 5.48 Å². The first-order valence-corrected chi connectivity index (χ1v) is 9.26. The highest BCUT2D eigenvalue weighted by Gasteiger charge is 2.46. The number of aryl methyl sites for hydroxylation is 1. The first kappa shape index (κ1) is 19.1. The second kappa shape index (κ2) is 7.29. The third-order valence-electron chi connectivity index (χ3n) is 5.16. The van der Waals surface area contributed by atoms with Crippen LogP contribution in [0, 0.1) is 6.92 Å². The molecular formula is C20H25FN4O3. The van der Waals surface area contributed by atoms with Crippen LogP contribution in [0.2, 0.25) is 0 Å².